The van der Waals surface area contributed by atoms with E-state index in [-0.39, 0.29) is 17.5 Å². The van der Waals surface area contributed by atoms with Crippen molar-refractivity contribution in [2.75, 3.05) is 11.4 Å². The number of aromatic nitrogens is 2. The average Bonchev–Trinajstić information content (AvgIpc) is 3.19. The lowest BCUT2D eigenvalue weighted by molar-refractivity contribution is -0.122. The highest BCUT2D eigenvalue weighted by Gasteiger charge is 2.34. The van der Waals surface area contributed by atoms with Crippen LogP contribution < -0.4 is 15.8 Å². The van der Waals surface area contributed by atoms with E-state index in [1.54, 1.807) is 18.3 Å². The predicted molar refractivity (Wildman–Crippen MR) is 83.0 cm³/mol. The van der Waals surface area contributed by atoms with Crippen LogP contribution in [0.15, 0.2) is 35.3 Å². The number of fused-ring (bicyclic) bond motifs is 1. The molecule has 2 fully saturated rings. The minimum absolute atomic E-state index is 0.0649. The maximum atomic E-state index is 12.4. The number of hydrogen-bond acceptors (Lipinski definition) is 4. The van der Waals surface area contributed by atoms with Crippen molar-refractivity contribution in [1.82, 2.24) is 14.7 Å². The number of amides is 1. The van der Waals surface area contributed by atoms with Crippen molar-refractivity contribution in [3.63, 3.8) is 0 Å². The van der Waals surface area contributed by atoms with Crippen molar-refractivity contribution < 1.29 is 4.79 Å². The number of carbonyl (C=O) groups excluding carboxylic acids is 1. The lowest BCUT2D eigenvalue weighted by Crippen LogP contribution is -2.44. The first-order chi connectivity index (χ1) is 10.7. The molecule has 0 radical (unpaired) electrons. The molecule has 6 nitrogen and oxygen atoms in total. The summed E-state index contributed by atoms with van der Waals surface area (Å²) in [5.74, 6) is 0.666. The molecular formula is C16H18N4O2. The molecule has 6 heteroatoms. The van der Waals surface area contributed by atoms with Crippen LogP contribution in [0.3, 0.4) is 0 Å². The average molecular weight is 298 g/mol. The molecule has 2 aromatic rings. The Morgan fingerprint density at radius 1 is 1.27 bits per heavy atom. The third kappa shape index (κ3) is 2.34. The molecule has 0 unspecified atom stereocenters. The fourth-order valence-corrected chi connectivity index (χ4v) is 3.03. The zero-order chi connectivity index (χ0) is 15.1. The zero-order valence-corrected chi connectivity index (χ0v) is 12.2. The van der Waals surface area contributed by atoms with Gasteiger partial charge in [-0.25, -0.2) is 4.98 Å². The third-order valence-electron chi connectivity index (χ3n) is 4.33. The highest BCUT2D eigenvalue weighted by Crippen LogP contribution is 2.25. The van der Waals surface area contributed by atoms with Gasteiger partial charge < -0.3 is 10.2 Å². The van der Waals surface area contributed by atoms with Crippen LogP contribution in [0.1, 0.15) is 25.7 Å². The van der Waals surface area contributed by atoms with Gasteiger partial charge in [-0.15, -0.1) is 0 Å². The van der Waals surface area contributed by atoms with Crippen molar-refractivity contribution in [3.05, 3.63) is 40.8 Å². The van der Waals surface area contributed by atoms with Crippen LogP contribution in [0, 0.1) is 0 Å². The number of rotatable bonds is 3. The van der Waals surface area contributed by atoms with Gasteiger partial charge in [-0.05, 0) is 37.8 Å². The molecule has 1 aliphatic carbocycles. The number of nitrogens with zero attached hydrogens (tertiary/aromatic N) is 3. The Hall–Kier alpha value is -2.37. The van der Waals surface area contributed by atoms with Gasteiger partial charge in [-0.1, -0.05) is 6.07 Å². The highest BCUT2D eigenvalue weighted by atomic mass is 16.2. The van der Waals surface area contributed by atoms with Crippen LogP contribution in [0.25, 0.3) is 5.65 Å². The molecule has 0 aromatic carbocycles. The molecule has 1 saturated heterocycles. The van der Waals surface area contributed by atoms with E-state index in [2.05, 4.69) is 10.3 Å². The van der Waals surface area contributed by atoms with E-state index in [9.17, 15) is 9.59 Å². The van der Waals surface area contributed by atoms with E-state index in [1.165, 1.54) is 10.5 Å². The number of nitrogens with one attached hydrogen (secondary N) is 1. The smallest absolute Gasteiger partial charge is 0.259 e. The first-order valence-corrected chi connectivity index (χ1v) is 7.78. The molecular weight excluding hydrogens is 280 g/mol. The van der Waals surface area contributed by atoms with E-state index < -0.39 is 0 Å². The van der Waals surface area contributed by atoms with Crippen molar-refractivity contribution in [1.29, 1.82) is 0 Å². The molecule has 1 aliphatic heterocycles. The number of anilines is 1. The summed E-state index contributed by atoms with van der Waals surface area (Å²) in [6.45, 7) is 0.762. The van der Waals surface area contributed by atoms with Gasteiger partial charge in [0, 0.05) is 24.8 Å². The maximum absolute atomic E-state index is 12.4. The fraction of sp³-hybridized carbons (Fsp3) is 0.438. The predicted octanol–water partition coefficient (Wildman–Crippen LogP) is 0.942. The topological polar surface area (TPSA) is 66.7 Å². The maximum Gasteiger partial charge on any atom is 0.259 e. The Kier molecular flexibility index (Phi) is 3.10. The minimum atomic E-state index is -0.210. The second-order valence-corrected chi connectivity index (χ2v) is 6.02. The number of hydrogen-bond donors (Lipinski definition) is 1. The Balaban J connectivity index is 1.67. The van der Waals surface area contributed by atoms with Crippen LogP contribution in [0.5, 0.6) is 0 Å². The molecule has 1 N–H and O–H groups in total. The summed E-state index contributed by atoms with van der Waals surface area (Å²) >= 11 is 0. The fourth-order valence-electron chi connectivity index (χ4n) is 3.03. The first kappa shape index (κ1) is 13.3. The van der Waals surface area contributed by atoms with Gasteiger partial charge >= 0.3 is 0 Å². The largest absolute Gasteiger partial charge is 0.352 e. The normalized spacial score (nSPS) is 21.3. The van der Waals surface area contributed by atoms with E-state index in [1.807, 2.05) is 11.0 Å². The van der Waals surface area contributed by atoms with Crippen molar-refractivity contribution in [3.8, 4) is 0 Å². The van der Waals surface area contributed by atoms with E-state index in [0.29, 0.717) is 17.5 Å². The molecule has 4 rings (SSSR count). The first-order valence-electron chi connectivity index (χ1n) is 7.78. The molecule has 1 saturated carbocycles. The molecule has 2 aliphatic rings. The zero-order valence-electron chi connectivity index (χ0n) is 12.2. The van der Waals surface area contributed by atoms with Crippen LogP contribution in [0.4, 0.5) is 5.82 Å². The van der Waals surface area contributed by atoms with Gasteiger partial charge in [0.25, 0.3) is 5.56 Å². The second-order valence-electron chi connectivity index (χ2n) is 6.02. The SMILES string of the molecule is O=C(NC1CC1)[C@@H]1CCCN1c1cc(=O)n2ccccc2n1. The summed E-state index contributed by atoms with van der Waals surface area (Å²) in [4.78, 5) is 31.1. The van der Waals surface area contributed by atoms with Crippen LogP contribution in [-0.2, 0) is 4.79 Å². The Bertz CT molecular complexity index is 781. The summed E-state index contributed by atoms with van der Waals surface area (Å²) < 4.78 is 1.51. The summed E-state index contributed by atoms with van der Waals surface area (Å²) in [6, 6.07) is 7.13. The highest BCUT2D eigenvalue weighted by molar-refractivity contribution is 5.86. The monoisotopic (exact) mass is 298 g/mol. The summed E-state index contributed by atoms with van der Waals surface area (Å²) in [7, 11) is 0. The molecule has 0 bridgehead atoms. The molecule has 1 atom stereocenters. The van der Waals surface area contributed by atoms with Crippen LogP contribution in [0.2, 0.25) is 0 Å². The molecule has 2 aromatic heterocycles. The Morgan fingerprint density at radius 3 is 2.95 bits per heavy atom. The van der Waals surface area contributed by atoms with E-state index in [0.717, 1.165) is 32.2 Å². The summed E-state index contributed by atoms with van der Waals surface area (Å²) in [6.07, 6.45) is 5.62. The molecule has 22 heavy (non-hydrogen) atoms. The molecule has 0 spiro atoms. The van der Waals surface area contributed by atoms with Gasteiger partial charge in [-0.2, -0.15) is 0 Å². The Morgan fingerprint density at radius 2 is 2.14 bits per heavy atom. The standard InChI is InChI=1S/C16H18N4O2/c21-15-10-14(18-13-5-1-2-8-20(13)15)19-9-3-4-12(19)16(22)17-11-6-7-11/h1-2,5,8,10-12H,3-4,6-7,9H2,(H,17,22)/t12-/m0/s1. The molecule has 3 heterocycles. The summed E-state index contributed by atoms with van der Waals surface area (Å²) in [5.41, 5.74) is 0.493. The second kappa shape index (κ2) is 5.12. The van der Waals surface area contributed by atoms with Gasteiger partial charge in [0.15, 0.2) is 0 Å². The van der Waals surface area contributed by atoms with Crippen molar-refractivity contribution >= 4 is 17.4 Å². The van der Waals surface area contributed by atoms with Crippen LogP contribution >= 0.6 is 0 Å². The van der Waals surface area contributed by atoms with Crippen LogP contribution in [-0.4, -0.2) is 33.9 Å². The number of pyridine rings is 1. The van der Waals surface area contributed by atoms with Gasteiger partial charge in [0.1, 0.15) is 17.5 Å². The molecule has 1 amide bonds. The summed E-state index contributed by atoms with van der Waals surface area (Å²) in [5, 5.41) is 3.06. The minimum Gasteiger partial charge on any atom is -0.352 e. The van der Waals surface area contributed by atoms with Gasteiger partial charge in [-0.3, -0.25) is 14.0 Å². The van der Waals surface area contributed by atoms with E-state index >= 15 is 0 Å². The lowest BCUT2D eigenvalue weighted by atomic mass is 10.2. The third-order valence-corrected chi connectivity index (χ3v) is 4.33. The quantitative estimate of drug-likeness (QED) is 0.916. The lowest BCUT2D eigenvalue weighted by Gasteiger charge is -2.25. The van der Waals surface area contributed by atoms with Gasteiger partial charge in [0.2, 0.25) is 5.91 Å². The van der Waals surface area contributed by atoms with Gasteiger partial charge in [0.05, 0.1) is 0 Å². The number of carbonyl (C=O) groups is 1. The Labute approximate surface area is 127 Å². The van der Waals surface area contributed by atoms with Crippen molar-refractivity contribution in [2.45, 2.75) is 37.8 Å². The molecule has 114 valence electrons. The van der Waals surface area contributed by atoms with E-state index in [4.69, 9.17) is 0 Å². The van der Waals surface area contributed by atoms with Crippen molar-refractivity contribution in [2.24, 2.45) is 0 Å².